The van der Waals surface area contributed by atoms with E-state index in [0.29, 0.717) is 0 Å². The lowest BCUT2D eigenvalue weighted by Crippen LogP contribution is -2.03. The van der Waals surface area contributed by atoms with Crippen molar-refractivity contribution in [1.29, 1.82) is 0 Å². The Hall–Kier alpha value is -2.41. The molecule has 1 N–H and O–H groups in total. The van der Waals surface area contributed by atoms with Crippen molar-refractivity contribution in [3.63, 3.8) is 0 Å². The average Bonchev–Trinajstić information content (AvgIpc) is 2.44. The number of hydrogen-bond donors (Lipinski definition) is 1. The molecule has 0 amide bonds. The maximum atomic E-state index is 10.9. The first kappa shape index (κ1) is 15.0. The van der Waals surface area contributed by atoms with Gasteiger partial charge in [-0.3, -0.25) is 10.1 Å². The molecule has 0 aromatic heterocycles. The monoisotopic (exact) mass is 351 g/mol. The van der Waals surface area contributed by atoms with E-state index in [0.717, 1.165) is 22.2 Å². The Morgan fingerprint density at radius 3 is 2.67 bits per heavy atom. The third-order valence-electron chi connectivity index (χ3n) is 2.69. The second-order valence-corrected chi connectivity index (χ2v) is 5.08. The molecule has 0 heterocycles. The Morgan fingerprint density at radius 2 is 2.05 bits per heavy atom. The fourth-order valence-electron chi connectivity index (χ4n) is 1.73. The van der Waals surface area contributed by atoms with Gasteiger partial charge in [0, 0.05) is 4.47 Å². The molecule has 0 saturated carbocycles. The molecule has 21 heavy (non-hydrogen) atoms. The van der Waals surface area contributed by atoms with E-state index in [1.54, 1.807) is 0 Å². The largest absolute Gasteiger partial charge is 0.489 e. The van der Waals surface area contributed by atoms with Crippen molar-refractivity contribution in [3.05, 3.63) is 68.2 Å². The third kappa shape index (κ3) is 3.79. The van der Waals surface area contributed by atoms with Gasteiger partial charge in [-0.15, -0.1) is 0 Å². The van der Waals surface area contributed by atoms with E-state index in [9.17, 15) is 14.9 Å². The van der Waals surface area contributed by atoms with Crippen molar-refractivity contribution in [2.45, 2.75) is 6.61 Å². The van der Waals surface area contributed by atoms with Gasteiger partial charge >= 0.3 is 5.97 Å². The molecule has 108 valence electrons. The summed E-state index contributed by atoms with van der Waals surface area (Å²) in [5.74, 6) is -1.10. The zero-order chi connectivity index (χ0) is 15.4. The minimum Gasteiger partial charge on any atom is -0.489 e. The first-order valence-corrected chi connectivity index (χ1v) is 6.65. The number of ether oxygens (including phenoxy) is 1. The van der Waals surface area contributed by atoms with Crippen LogP contribution in [0.4, 0.5) is 5.69 Å². The summed E-state index contributed by atoms with van der Waals surface area (Å²) in [6, 6.07) is 11.1. The van der Waals surface area contributed by atoms with Gasteiger partial charge in [-0.2, -0.15) is 0 Å². The maximum absolute atomic E-state index is 10.9. The minimum absolute atomic E-state index is 0.225. The van der Waals surface area contributed by atoms with E-state index < -0.39 is 16.6 Å². The maximum Gasteiger partial charge on any atom is 0.342 e. The van der Waals surface area contributed by atoms with Crippen LogP contribution in [0.3, 0.4) is 0 Å². The SMILES string of the molecule is O=C(O)c1ccc(OCc2cccc(Br)c2)cc1[N+](=O)[O-]. The van der Waals surface area contributed by atoms with Crippen LogP contribution in [0.5, 0.6) is 5.75 Å². The lowest BCUT2D eigenvalue weighted by molar-refractivity contribution is -0.385. The van der Waals surface area contributed by atoms with Crippen LogP contribution in [-0.4, -0.2) is 16.0 Å². The van der Waals surface area contributed by atoms with Crippen LogP contribution in [0.15, 0.2) is 46.9 Å². The van der Waals surface area contributed by atoms with Crippen LogP contribution >= 0.6 is 15.9 Å². The molecule has 2 aromatic carbocycles. The summed E-state index contributed by atoms with van der Waals surface area (Å²) in [4.78, 5) is 21.0. The molecular formula is C14H10BrNO5. The van der Waals surface area contributed by atoms with Crippen molar-refractivity contribution in [2.24, 2.45) is 0 Å². The quantitative estimate of drug-likeness (QED) is 0.656. The fourth-order valence-corrected chi connectivity index (χ4v) is 2.17. The Kier molecular flexibility index (Phi) is 4.54. The second kappa shape index (κ2) is 6.36. The van der Waals surface area contributed by atoms with Gasteiger partial charge in [-0.1, -0.05) is 28.1 Å². The van der Waals surface area contributed by atoms with Gasteiger partial charge in [0.25, 0.3) is 5.69 Å². The van der Waals surface area contributed by atoms with Gasteiger partial charge < -0.3 is 9.84 Å². The van der Waals surface area contributed by atoms with Gasteiger partial charge in [0.2, 0.25) is 0 Å². The van der Waals surface area contributed by atoms with Gasteiger partial charge in [0.15, 0.2) is 0 Å². The molecule has 0 radical (unpaired) electrons. The van der Waals surface area contributed by atoms with Gasteiger partial charge in [0.1, 0.15) is 17.9 Å². The summed E-state index contributed by atoms with van der Waals surface area (Å²) in [6.07, 6.45) is 0. The summed E-state index contributed by atoms with van der Waals surface area (Å²) in [5.41, 5.74) is 0.0263. The lowest BCUT2D eigenvalue weighted by Gasteiger charge is -2.07. The number of hydrogen-bond acceptors (Lipinski definition) is 4. The molecule has 0 bridgehead atoms. The minimum atomic E-state index is -1.35. The number of benzene rings is 2. The molecule has 0 atom stereocenters. The van der Waals surface area contributed by atoms with Crippen LogP contribution in [0.1, 0.15) is 15.9 Å². The molecule has 0 aliphatic heterocycles. The van der Waals surface area contributed by atoms with Gasteiger partial charge in [-0.05, 0) is 29.8 Å². The molecular weight excluding hydrogens is 342 g/mol. The Labute approximate surface area is 128 Å². The molecule has 2 aromatic rings. The van der Waals surface area contributed by atoms with E-state index in [2.05, 4.69) is 15.9 Å². The predicted molar refractivity (Wildman–Crippen MR) is 78.5 cm³/mol. The summed E-state index contributed by atoms with van der Waals surface area (Å²) in [7, 11) is 0. The van der Waals surface area contributed by atoms with Gasteiger partial charge in [0.05, 0.1) is 11.0 Å². The molecule has 0 aliphatic rings. The van der Waals surface area contributed by atoms with Crippen molar-refractivity contribution in [3.8, 4) is 5.75 Å². The molecule has 6 nitrogen and oxygen atoms in total. The molecule has 0 spiro atoms. The van der Waals surface area contributed by atoms with Crippen molar-refractivity contribution in [2.75, 3.05) is 0 Å². The molecule has 0 unspecified atom stereocenters. The predicted octanol–water partition coefficient (Wildman–Crippen LogP) is 3.63. The van der Waals surface area contributed by atoms with Crippen LogP contribution in [0.2, 0.25) is 0 Å². The third-order valence-corrected chi connectivity index (χ3v) is 3.18. The Bertz CT molecular complexity index is 702. The van der Waals surface area contributed by atoms with E-state index in [-0.39, 0.29) is 17.9 Å². The number of nitrogens with zero attached hydrogens (tertiary/aromatic N) is 1. The molecule has 0 saturated heterocycles. The number of carboxylic acids is 1. The summed E-state index contributed by atoms with van der Waals surface area (Å²) in [5, 5.41) is 19.8. The Balaban J connectivity index is 2.19. The number of halogens is 1. The van der Waals surface area contributed by atoms with E-state index in [1.165, 1.54) is 6.07 Å². The number of nitro benzene ring substituents is 1. The van der Waals surface area contributed by atoms with Crippen LogP contribution in [0, 0.1) is 10.1 Å². The van der Waals surface area contributed by atoms with Crippen molar-refractivity contribution in [1.82, 2.24) is 0 Å². The van der Waals surface area contributed by atoms with Crippen LogP contribution in [-0.2, 0) is 6.61 Å². The van der Waals surface area contributed by atoms with Crippen molar-refractivity contribution < 1.29 is 19.6 Å². The van der Waals surface area contributed by atoms with E-state index in [4.69, 9.17) is 9.84 Å². The zero-order valence-electron chi connectivity index (χ0n) is 10.7. The van der Waals surface area contributed by atoms with E-state index >= 15 is 0 Å². The summed E-state index contributed by atoms with van der Waals surface area (Å²) < 4.78 is 6.35. The lowest BCUT2D eigenvalue weighted by atomic mass is 10.1. The number of aromatic carboxylic acids is 1. The standard InChI is InChI=1S/C14H10BrNO5/c15-10-3-1-2-9(6-10)8-21-11-4-5-12(14(17)18)13(7-11)16(19)20/h1-7H,8H2,(H,17,18). The molecule has 2 rings (SSSR count). The highest BCUT2D eigenvalue weighted by Crippen LogP contribution is 2.25. The first-order chi connectivity index (χ1) is 9.97. The van der Waals surface area contributed by atoms with Gasteiger partial charge in [-0.25, -0.2) is 4.79 Å². The first-order valence-electron chi connectivity index (χ1n) is 5.86. The number of carboxylic acid groups (broad SMARTS) is 1. The number of rotatable bonds is 5. The summed E-state index contributed by atoms with van der Waals surface area (Å²) in [6.45, 7) is 0.225. The molecule has 0 fully saturated rings. The fraction of sp³-hybridized carbons (Fsp3) is 0.0714. The number of carbonyl (C=O) groups is 1. The normalized spacial score (nSPS) is 10.1. The van der Waals surface area contributed by atoms with Crippen LogP contribution < -0.4 is 4.74 Å². The average molecular weight is 352 g/mol. The smallest absolute Gasteiger partial charge is 0.342 e. The summed E-state index contributed by atoms with van der Waals surface area (Å²) >= 11 is 3.33. The highest BCUT2D eigenvalue weighted by atomic mass is 79.9. The number of nitro groups is 1. The molecule has 0 aliphatic carbocycles. The van der Waals surface area contributed by atoms with Crippen LogP contribution in [0.25, 0.3) is 0 Å². The van der Waals surface area contributed by atoms with E-state index in [1.807, 2.05) is 24.3 Å². The zero-order valence-corrected chi connectivity index (χ0v) is 12.2. The topological polar surface area (TPSA) is 89.7 Å². The van der Waals surface area contributed by atoms with Crippen molar-refractivity contribution >= 4 is 27.6 Å². The highest BCUT2D eigenvalue weighted by molar-refractivity contribution is 9.10. The Morgan fingerprint density at radius 1 is 1.29 bits per heavy atom. The highest BCUT2D eigenvalue weighted by Gasteiger charge is 2.20. The molecule has 7 heteroatoms. The second-order valence-electron chi connectivity index (χ2n) is 4.16.